The van der Waals surface area contributed by atoms with Gasteiger partial charge in [-0.25, -0.2) is 4.79 Å². The first-order chi connectivity index (χ1) is 49.6. The van der Waals surface area contributed by atoms with Crippen LogP contribution in [0.4, 0.5) is 11.4 Å². The van der Waals surface area contributed by atoms with Gasteiger partial charge in [0, 0.05) is 22.5 Å². The number of carbonyl (C=O) groups excluding carboxylic acids is 3. The molecule has 0 fully saturated rings. The number of ether oxygens (including phenoxy) is 7. The van der Waals surface area contributed by atoms with Crippen molar-refractivity contribution in [2.45, 2.75) is 286 Å². The third-order valence-electron chi connectivity index (χ3n) is 18.8. The third kappa shape index (κ3) is 31.4. The van der Waals surface area contributed by atoms with Crippen molar-refractivity contribution in [2.24, 2.45) is 0 Å². The van der Waals surface area contributed by atoms with Crippen LogP contribution in [0.15, 0.2) is 115 Å². The number of carbonyl (C=O) groups is 3. The minimum absolute atomic E-state index is 0.0524. The molecule has 0 saturated heterocycles. The zero-order valence-corrected chi connectivity index (χ0v) is 63.5. The maximum atomic E-state index is 15.3. The first-order valence-electron chi connectivity index (χ1n) is 39.9. The first kappa shape index (κ1) is 82.5. The fraction of sp³-hybridized carbons (Fsp3) is 0.562. The van der Waals surface area contributed by atoms with Crippen LogP contribution in [0.3, 0.4) is 0 Å². The highest BCUT2D eigenvalue weighted by atomic mass is 16.6. The van der Waals surface area contributed by atoms with Gasteiger partial charge in [0.05, 0.1) is 45.2 Å². The van der Waals surface area contributed by atoms with Gasteiger partial charge in [-0.05, 0) is 133 Å². The third-order valence-corrected chi connectivity index (χ3v) is 18.8. The number of rotatable bonds is 57. The van der Waals surface area contributed by atoms with Gasteiger partial charge in [-0.2, -0.15) is 0 Å². The van der Waals surface area contributed by atoms with E-state index >= 15 is 9.59 Å². The second-order valence-corrected chi connectivity index (χ2v) is 27.6. The molecule has 554 valence electrons. The molecule has 101 heavy (non-hydrogen) atoms. The number of unbranched alkanes of at least 4 members (excludes halogenated alkanes) is 30. The molecule has 0 aliphatic carbocycles. The van der Waals surface area contributed by atoms with Gasteiger partial charge in [0.2, 0.25) is 11.5 Å². The lowest BCUT2D eigenvalue weighted by Crippen LogP contribution is -2.18. The summed E-state index contributed by atoms with van der Waals surface area (Å²) in [7, 11) is 0. The van der Waals surface area contributed by atoms with Crippen molar-refractivity contribution in [1.82, 2.24) is 0 Å². The van der Waals surface area contributed by atoms with E-state index in [1.165, 1.54) is 116 Å². The number of amides is 2. The van der Waals surface area contributed by atoms with Crippen LogP contribution in [0.2, 0.25) is 0 Å². The smallest absolute Gasteiger partial charge is 0.338 e. The second kappa shape index (κ2) is 50.8. The normalized spacial score (nSPS) is 11.2. The van der Waals surface area contributed by atoms with E-state index in [0.717, 1.165) is 143 Å². The topological polar surface area (TPSA) is 140 Å². The minimum atomic E-state index is -0.646. The van der Waals surface area contributed by atoms with Crippen LogP contribution < -0.4 is 39.1 Å². The van der Waals surface area contributed by atoms with Gasteiger partial charge < -0.3 is 43.8 Å². The monoisotopic (exact) mass is 1380 g/mol. The summed E-state index contributed by atoms with van der Waals surface area (Å²) in [5.74, 6) is 1.25. The average Bonchev–Trinajstić information content (AvgIpc) is 0.820. The molecule has 0 radical (unpaired) electrons. The van der Waals surface area contributed by atoms with Crippen LogP contribution >= 0.6 is 0 Å². The van der Waals surface area contributed by atoms with Gasteiger partial charge in [0.15, 0.2) is 23.0 Å². The predicted molar refractivity (Wildman–Crippen MR) is 420 cm³/mol. The Hall–Kier alpha value is -7.47. The van der Waals surface area contributed by atoms with Crippen LogP contribution in [-0.4, -0.2) is 57.4 Å². The number of nitrogens with one attached hydrogen (secondary N) is 2. The molecule has 0 aliphatic heterocycles. The molecule has 0 saturated carbocycles. The summed E-state index contributed by atoms with van der Waals surface area (Å²) in [6.45, 7) is 17.9. The van der Waals surface area contributed by atoms with Crippen molar-refractivity contribution in [2.75, 3.05) is 50.3 Å². The number of anilines is 2. The SMILES string of the molecule is CCCCCCCCOc1cc(C(=O)Nc2cc(C(=O)OCc3cc(-c4ccccc4)cc(-c4ccccc4)c3)cc(NC(=O)c3cc(OCCCCCCCC)c(OCCCCCCCC)c(OCCCCCCCC)c3)c2C)cc(OCCCCCCCC)c1OCCCCCCCC. The van der Waals surface area contributed by atoms with E-state index < -0.39 is 17.8 Å². The number of hydrogen-bond donors (Lipinski definition) is 2. The van der Waals surface area contributed by atoms with Crippen molar-refractivity contribution in [1.29, 1.82) is 0 Å². The number of hydrogen-bond acceptors (Lipinski definition) is 10. The molecule has 6 rings (SSSR count). The average molecular weight is 1390 g/mol. The van der Waals surface area contributed by atoms with Crippen molar-refractivity contribution < 1.29 is 47.5 Å². The van der Waals surface area contributed by atoms with Gasteiger partial charge in [-0.1, -0.05) is 295 Å². The molecule has 0 spiro atoms. The molecule has 6 aromatic carbocycles. The minimum Gasteiger partial charge on any atom is -0.490 e. The van der Waals surface area contributed by atoms with E-state index in [1.807, 2.05) is 55.5 Å². The molecule has 12 heteroatoms. The van der Waals surface area contributed by atoms with E-state index in [9.17, 15) is 4.79 Å². The van der Waals surface area contributed by atoms with E-state index in [1.54, 1.807) is 36.4 Å². The highest BCUT2D eigenvalue weighted by Crippen LogP contribution is 2.43. The first-order valence-corrected chi connectivity index (χ1v) is 39.9. The highest BCUT2D eigenvalue weighted by Gasteiger charge is 2.25. The van der Waals surface area contributed by atoms with Crippen LogP contribution in [0.1, 0.15) is 315 Å². The van der Waals surface area contributed by atoms with Gasteiger partial charge in [-0.15, -0.1) is 0 Å². The maximum absolute atomic E-state index is 15.3. The lowest BCUT2D eigenvalue weighted by molar-refractivity contribution is 0.0472. The Morgan fingerprint density at radius 2 is 0.574 bits per heavy atom. The molecular formula is C89H128N2O10. The van der Waals surface area contributed by atoms with E-state index in [-0.39, 0.29) is 12.2 Å². The van der Waals surface area contributed by atoms with Crippen molar-refractivity contribution in [3.63, 3.8) is 0 Å². The van der Waals surface area contributed by atoms with E-state index in [4.69, 9.17) is 33.2 Å². The van der Waals surface area contributed by atoms with Crippen LogP contribution in [-0.2, 0) is 11.3 Å². The Morgan fingerprint density at radius 1 is 0.297 bits per heavy atom. The standard InChI is InChI=1S/C89H128N2O10/c1-8-14-20-26-32-44-54-95-81-65-76(66-82(96-55-45-33-27-21-15-9-2)85(81)99-58-48-36-30-24-18-12-5)87(92)90-79-63-78(89(94)101-69-71-60-74(72-50-40-38-41-51-72)62-75(61-71)73-52-42-39-43-53-73)64-80(70(79)7)91-88(93)77-67-83(97-56-46-34-28-22-16-10-3)86(100-59-49-37-31-25-19-13-6)84(68-77)98-57-47-35-29-23-17-11-4/h38-43,50-53,60-68H,8-37,44-49,54-59,69H2,1-7H3,(H,90,92)(H,91,93). The van der Waals surface area contributed by atoms with Gasteiger partial charge in [0.25, 0.3) is 11.8 Å². The summed E-state index contributed by atoms with van der Waals surface area (Å²) in [5, 5.41) is 6.38. The summed E-state index contributed by atoms with van der Waals surface area (Å²) in [6.07, 6.45) is 39.7. The van der Waals surface area contributed by atoms with Crippen molar-refractivity contribution in [3.05, 3.63) is 143 Å². The van der Waals surface area contributed by atoms with Gasteiger partial charge in [-0.3, -0.25) is 9.59 Å². The maximum Gasteiger partial charge on any atom is 0.338 e. The Bertz CT molecular complexity index is 2980. The molecule has 0 bridgehead atoms. The largest absolute Gasteiger partial charge is 0.490 e. The summed E-state index contributed by atoms with van der Waals surface area (Å²) in [5.41, 5.74) is 6.64. The molecule has 2 N–H and O–H groups in total. The van der Waals surface area contributed by atoms with Gasteiger partial charge >= 0.3 is 5.97 Å². The molecule has 12 nitrogen and oxygen atoms in total. The lowest BCUT2D eigenvalue weighted by atomic mass is 9.96. The Morgan fingerprint density at radius 3 is 0.871 bits per heavy atom. The molecule has 6 aromatic rings. The summed E-state index contributed by atoms with van der Waals surface area (Å²) in [6, 6.07) is 36.8. The summed E-state index contributed by atoms with van der Waals surface area (Å²) < 4.78 is 46.2. The second-order valence-electron chi connectivity index (χ2n) is 27.6. The molecule has 0 aromatic heterocycles. The predicted octanol–water partition coefficient (Wildman–Crippen LogP) is 25.6. The number of benzene rings is 6. The molecule has 0 aliphatic rings. The van der Waals surface area contributed by atoms with E-state index in [2.05, 4.69) is 82.5 Å². The van der Waals surface area contributed by atoms with Crippen LogP contribution in [0.5, 0.6) is 34.5 Å². The lowest BCUT2D eigenvalue weighted by Gasteiger charge is -2.20. The molecule has 2 amide bonds. The summed E-state index contributed by atoms with van der Waals surface area (Å²) in [4.78, 5) is 45.4. The fourth-order valence-corrected chi connectivity index (χ4v) is 12.6. The fourth-order valence-electron chi connectivity index (χ4n) is 12.6. The molecule has 0 unspecified atom stereocenters. The van der Waals surface area contributed by atoms with Crippen LogP contribution in [0, 0.1) is 6.92 Å². The quantitative estimate of drug-likeness (QED) is 0.0280. The van der Waals surface area contributed by atoms with Gasteiger partial charge in [0.1, 0.15) is 6.61 Å². The highest BCUT2D eigenvalue weighted by molar-refractivity contribution is 6.09. The molecule has 0 atom stereocenters. The van der Waals surface area contributed by atoms with E-state index in [0.29, 0.717) is 102 Å². The Balaban J connectivity index is 1.42. The summed E-state index contributed by atoms with van der Waals surface area (Å²) >= 11 is 0. The van der Waals surface area contributed by atoms with Crippen LogP contribution in [0.25, 0.3) is 22.3 Å². The molecular weight excluding hydrogens is 1260 g/mol. The Labute approximate surface area is 609 Å². The zero-order valence-electron chi connectivity index (χ0n) is 63.5. The Kier molecular flexibility index (Phi) is 41.5. The molecule has 0 heterocycles. The van der Waals surface area contributed by atoms with Crippen molar-refractivity contribution in [3.8, 4) is 56.8 Å². The zero-order chi connectivity index (χ0) is 71.8. The van der Waals surface area contributed by atoms with Crippen molar-refractivity contribution >= 4 is 29.2 Å². The number of esters is 1.